The molecule has 0 radical (unpaired) electrons. The Morgan fingerprint density at radius 2 is 2.35 bits per heavy atom. The smallest absolute Gasteiger partial charge is 0.218 e. The van der Waals surface area contributed by atoms with Crippen LogP contribution in [0.1, 0.15) is 34.6 Å². The molecule has 0 aliphatic heterocycles. The molecule has 3 atom stereocenters. The molecule has 1 fully saturated rings. The van der Waals surface area contributed by atoms with Gasteiger partial charge in [-0.3, -0.25) is 9.89 Å². The van der Waals surface area contributed by atoms with Gasteiger partial charge in [-0.1, -0.05) is 0 Å². The molecule has 3 rings (SSSR count). The van der Waals surface area contributed by atoms with Crippen LogP contribution >= 0.6 is 0 Å². The second-order valence-electron chi connectivity index (χ2n) is 5.84. The van der Waals surface area contributed by atoms with E-state index < -0.39 is 12.2 Å². The summed E-state index contributed by atoms with van der Waals surface area (Å²) >= 11 is 0. The van der Waals surface area contributed by atoms with Crippen molar-refractivity contribution in [1.82, 2.24) is 20.2 Å². The van der Waals surface area contributed by atoms with E-state index in [1.165, 1.54) is 12.5 Å². The molecule has 2 aromatic rings. The zero-order valence-corrected chi connectivity index (χ0v) is 12.7. The van der Waals surface area contributed by atoms with E-state index >= 15 is 0 Å². The molecule has 1 saturated carbocycles. The van der Waals surface area contributed by atoms with E-state index in [1.807, 2.05) is 0 Å². The molecule has 1 aliphatic carbocycles. The first-order valence-electron chi connectivity index (χ1n) is 7.46. The first kappa shape index (κ1) is 15.5. The summed E-state index contributed by atoms with van der Waals surface area (Å²) in [6.45, 7) is 1.76. The van der Waals surface area contributed by atoms with Gasteiger partial charge in [0.25, 0.3) is 0 Å². The third-order valence-corrected chi connectivity index (χ3v) is 4.06. The van der Waals surface area contributed by atoms with E-state index in [4.69, 9.17) is 0 Å². The average Bonchev–Trinajstić information content (AvgIpc) is 3.13. The van der Waals surface area contributed by atoms with Gasteiger partial charge in [-0.2, -0.15) is 5.10 Å². The first-order chi connectivity index (χ1) is 11.1. The average molecular weight is 319 g/mol. The zero-order chi connectivity index (χ0) is 16.4. The minimum atomic E-state index is -1.09. The highest BCUT2D eigenvalue weighted by atomic mass is 19.1. The standard InChI is InChI=1S/C15H18FN5O2/c1-8-2-13(21-20-8)14(23)10-5-17-7-18-15(10)19-12-4-9(6-22)3-11(12)16/h2,5,7,9,11-12,22H,3-4,6H2,1H3,(H,20,21)(H,17,18,19). The number of nitrogens with zero attached hydrogens (tertiary/aromatic N) is 3. The van der Waals surface area contributed by atoms with Crippen molar-refractivity contribution >= 4 is 11.6 Å². The fourth-order valence-electron chi connectivity index (χ4n) is 2.84. The van der Waals surface area contributed by atoms with Crippen LogP contribution in [-0.2, 0) is 0 Å². The molecule has 23 heavy (non-hydrogen) atoms. The Morgan fingerprint density at radius 1 is 1.52 bits per heavy atom. The van der Waals surface area contributed by atoms with Crippen molar-refractivity contribution in [3.05, 3.63) is 35.5 Å². The predicted octanol–water partition coefficient (Wildman–Crippen LogP) is 1.26. The Hall–Kier alpha value is -2.35. The molecule has 2 heterocycles. The molecule has 1 aliphatic rings. The number of aliphatic hydroxyl groups excluding tert-OH is 1. The number of rotatable bonds is 5. The van der Waals surface area contributed by atoms with E-state index in [1.54, 1.807) is 13.0 Å². The number of ketones is 1. The van der Waals surface area contributed by atoms with Crippen molar-refractivity contribution in [2.24, 2.45) is 5.92 Å². The zero-order valence-electron chi connectivity index (χ0n) is 12.7. The molecule has 3 unspecified atom stereocenters. The van der Waals surface area contributed by atoms with Crippen LogP contribution in [0.25, 0.3) is 0 Å². The molecular formula is C15H18FN5O2. The van der Waals surface area contributed by atoms with E-state index in [-0.39, 0.29) is 35.4 Å². The number of aromatic amines is 1. The lowest BCUT2D eigenvalue weighted by atomic mass is 10.1. The summed E-state index contributed by atoms with van der Waals surface area (Å²) in [6.07, 6.45) is 2.42. The molecule has 0 aromatic carbocycles. The number of halogens is 1. The van der Waals surface area contributed by atoms with Crippen LogP contribution in [0.3, 0.4) is 0 Å². The lowest BCUT2D eigenvalue weighted by Gasteiger charge is -2.17. The minimum absolute atomic E-state index is 0.0410. The number of nitrogens with one attached hydrogen (secondary N) is 2. The van der Waals surface area contributed by atoms with Crippen LogP contribution in [0.4, 0.5) is 10.2 Å². The van der Waals surface area contributed by atoms with Gasteiger partial charge < -0.3 is 10.4 Å². The van der Waals surface area contributed by atoms with E-state index in [9.17, 15) is 14.3 Å². The topological polar surface area (TPSA) is 104 Å². The number of H-pyrrole nitrogens is 1. The Balaban J connectivity index is 1.82. The number of aromatic nitrogens is 4. The fourth-order valence-corrected chi connectivity index (χ4v) is 2.84. The maximum Gasteiger partial charge on any atom is 0.218 e. The van der Waals surface area contributed by atoms with Gasteiger partial charge in [0.1, 0.15) is 24.0 Å². The highest BCUT2D eigenvalue weighted by Gasteiger charge is 2.35. The van der Waals surface area contributed by atoms with Crippen molar-refractivity contribution < 1.29 is 14.3 Å². The monoisotopic (exact) mass is 319 g/mol. The van der Waals surface area contributed by atoms with Gasteiger partial charge in [-0.05, 0) is 31.7 Å². The van der Waals surface area contributed by atoms with Gasteiger partial charge in [0, 0.05) is 18.5 Å². The first-order valence-corrected chi connectivity index (χ1v) is 7.46. The van der Waals surface area contributed by atoms with E-state index in [0.29, 0.717) is 12.8 Å². The number of alkyl halides is 1. The molecule has 0 saturated heterocycles. The molecule has 0 amide bonds. The van der Waals surface area contributed by atoms with Gasteiger partial charge in [0.2, 0.25) is 5.78 Å². The number of aliphatic hydroxyl groups is 1. The molecule has 0 bridgehead atoms. The summed E-state index contributed by atoms with van der Waals surface area (Å²) in [5, 5.41) is 18.8. The van der Waals surface area contributed by atoms with Crippen LogP contribution in [0.2, 0.25) is 0 Å². The number of hydrogen-bond donors (Lipinski definition) is 3. The molecule has 2 aromatic heterocycles. The second kappa shape index (κ2) is 6.41. The minimum Gasteiger partial charge on any atom is -0.396 e. The SMILES string of the molecule is Cc1cc(C(=O)c2cncnc2NC2CC(CO)CC2F)n[nH]1. The lowest BCUT2D eigenvalue weighted by molar-refractivity contribution is 0.103. The second-order valence-corrected chi connectivity index (χ2v) is 5.84. The summed E-state index contributed by atoms with van der Waals surface area (Å²) in [5.74, 6) is -0.112. The third kappa shape index (κ3) is 3.21. The van der Waals surface area contributed by atoms with Crippen molar-refractivity contribution in [3.8, 4) is 0 Å². The Labute approximate surface area is 132 Å². The number of carbonyl (C=O) groups is 1. The largest absolute Gasteiger partial charge is 0.396 e. The van der Waals surface area contributed by atoms with Gasteiger partial charge in [0.15, 0.2) is 0 Å². The van der Waals surface area contributed by atoms with Gasteiger partial charge >= 0.3 is 0 Å². The Morgan fingerprint density at radius 3 is 3.00 bits per heavy atom. The van der Waals surface area contributed by atoms with Crippen molar-refractivity contribution in [2.45, 2.75) is 32.0 Å². The highest BCUT2D eigenvalue weighted by Crippen LogP contribution is 2.31. The summed E-state index contributed by atoms with van der Waals surface area (Å²) in [4.78, 5) is 20.5. The normalized spacial score (nSPS) is 23.9. The summed E-state index contributed by atoms with van der Waals surface area (Å²) in [7, 11) is 0. The molecule has 8 heteroatoms. The van der Waals surface area contributed by atoms with Crippen molar-refractivity contribution in [1.29, 1.82) is 0 Å². The van der Waals surface area contributed by atoms with Crippen LogP contribution in [0.5, 0.6) is 0 Å². The summed E-state index contributed by atoms with van der Waals surface area (Å²) in [5.41, 5.74) is 1.28. The number of anilines is 1. The van der Waals surface area contributed by atoms with Crippen LogP contribution < -0.4 is 5.32 Å². The Bertz CT molecular complexity index is 705. The van der Waals surface area contributed by atoms with E-state index in [2.05, 4.69) is 25.5 Å². The third-order valence-electron chi connectivity index (χ3n) is 4.06. The van der Waals surface area contributed by atoms with Gasteiger partial charge in [-0.15, -0.1) is 0 Å². The molecule has 3 N–H and O–H groups in total. The maximum atomic E-state index is 14.1. The van der Waals surface area contributed by atoms with E-state index in [0.717, 1.165) is 5.69 Å². The Kier molecular flexibility index (Phi) is 4.33. The highest BCUT2D eigenvalue weighted by molar-refractivity contribution is 6.10. The summed E-state index contributed by atoms with van der Waals surface area (Å²) < 4.78 is 14.1. The molecule has 7 nitrogen and oxygen atoms in total. The van der Waals surface area contributed by atoms with Crippen molar-refractivity contribution in [3.63, 3.8) is 0 Å². The molecular weight excluding hydrogens is 301 g/mol. The van der Waals surface area contributed by atoms with Gasteiger partial charge in [-0.25, -0.2) is 14.4 Å². The van der Waals surface area contributed by atoms with Crippen LogP contribution in [-0.4, -0.2) is 49.9 Å². The number of carbonyl (C=O) groups excluding carboxylic acids is 1. The molecule has 0 spiro atoms. The number of hydrogen-bond acceptors (Lipinski definition) is 6. The molecule has 122 valence electrons. The predicted molar refractivity (Wildman–Crippen MR) is 80.9 cm³/mol. The van der Waals surface area contributed by atoms with Crippen LogP contribution in [0, 0.1) is 12.8 Å². The maximum absolute atomic E-state index is 14.1. The van der Waals surface area contributed by atoms with Crippen LogP contribution in [0.15, 0.2) is 18.6 Å². The fraction of sp³-hybridized carbons (Fsp3) is 0.467. The summed E-state index contributed by atoms with van der Waals surface area (Å²) in [6, 6.07) is 1.16. The number of aryl methyl sites for hydroxylation is 1. The van der Waals surface area contributed by atoms with Crippen molar-refractivity contribution in [2.75, 3.05) is 11.9 Å². The quantitative estimate of drug-likeness (QED) is 0.717. The van der Waals surface area contributed by atoms with Gasteiger partial charge in [0.05, 0.1) is 11.6 Å². The lowest BCUT2D eigenvalue weighted by Crippen LogP contribution is -2.27.